The second-order valence-corrected chi connectivity index (χ2v) is 32.0. The van der Waals surface area contributed by atoms with Gasteiger partial charge in [-0.05, 0) is 388 Å². The fourth-order valence-corrected chi connectivity index (χ4v) is 16.0. The molecule has 0 aromatic heterocycles. The summed E-state index contributed by atoms with van der Waals surface area (Å²) in [5, 5.41) is 58.9. The number of rotatable bonds is 15. The van der Waals surface area contributed by atoms with Crippen molar-refractivity contribution in [3.05, 3.63) is 294 Å². The van der Waals surface area contributed by atoms with Gasteiger partial charge in [-0.2, -0.15) is 0 Å². The minimum absolute atomic E-state index is 0.399. The van der Waals surface area contributed by atoms with E-state index in [0.29, 0.717) is 45.8 Å². The lowest BCUT2D eigenvalue weighted by atomic mass is 9.62. The molecule has 0 spiro atoms. The van der Waals surface area contributed by atoms with Gasteiger partial charge in [0.1, 0.15) is 34.5 Å². The van der Waals surface area contributed by atoms with E-state index in [1.807, 2.05) is 132 Å². The van der Waals surface area contributed by atoms with Gasteiger partial charge in [0, 0.05) is 0 Å². The molecule has 0 bridgehead atoms. The summed E-state index contributed by atoms with van der Waals surface area (Å²) >= 11 is 0. The Balaban J connectivity index is 0.000000165. The molecule has 2 aliphatic carbocycles. The van der Waals surface area contributed by atoms with E-state index in [9.17, 15) is 30.6 Å². The number of fused-ring (bicyclic) bond motifs is 1. The maximum Gasteiger partial charge on any atom is 0.121 e. The zero-order valence-electron chi connectivity index (χ0n) is 69.3. The molecule has 6 nitrogen and oxygen atoms in total. The normalized spacial score (nSPS) is 15.4. The molecule has 2 fully saturated rings. The Morgan fingerprint density at radius 1 is 0.294 bits per heavy atom. The highest BCUT2D eigenvalue weighted by atomic mass is 16.3. The molecule has 6 N–H and O–H groups in total. The van der Waals surface area contributed by atoms with Crippen molar-refractivity contribution in [1.82, 2.24) is 0 Å². The van der Waals surface area contributed by atoms with Crippen LogP contribution in [0.5, 0.6) is 34.5 Å². The average Bonchev–Trinajstić information content (AvgIpc) is 1.64. The van der Waals surface area contributed by atoms with Crippen LogP contribution in [0.1, 0.15) is 212 Å². The molecular formula is C103H126O6. The third-order valence-corrected chi connectivity index (χ3v) is 23.0. The van der Waals surface area contributed by atoms with Gasteiger partial charge < -0.3 is 30.6 Å². The van der Waals surface area contributed by atoms with Crippen LogP contribution < -0.4 is 0 Å². The van der Waals surface area contributed by atoms with E-state index in [4.69, 9.17) is 0 Å². The van der Waals surface area contributed by atoms with Crippen molar-refractivity contribution >= 4 is 0 Å². The van der Waals surface area contributed by atoms with Crippen molar-refractivity contribution in [3.63, 3.8) is 0 Å². The van der Waals surface area contributed by atoms with Gasteiger partial charge in [-0.15, -0.1) is 0 Å². The summed E-state index contributed by atoms with van der Waals surface area (Å²) in [6.45, 7) is 39.3. The molecule has 4 atom stereocenters. The Morgan fingerprint density at radius 2 is 0.587 bits per heavy atom. The van der Waals surface area contributed by atoms with E-state index in [2.05, 4.69) is 194 Å². The van der Waals surface area contributed by atoms with Gasteiger partial charge in [-0.25, -0.2) is 0 Å². The lowest BCUT2D eigenvalue weighted by molar-refractivity contribution is 0.0963. The number of hydrogen-bond acceptors (Lipinski definition) is 6. The van der Waals surface area contributed by atoms with E-state index >= 15 is 0 Å². The molecule has 13 rings (SSSR count). The lowest BCUT2D eigenvalue weighted by Crippen LogP contribution is -2.33. The molecule has 11 aromatic rings. The topological polar surface area (TPSA) is 121 Å². The predicted molar refractivity (Wildman–Crippen MR) is 465 cm³/mol. The first-order valence-corrected chi connectivity index (χ1v) is 40.2. The van der Waals surface area contributed by atoms with Crippen LogP contribution in [0.3, 0.4) is 0 Å². The van der Waals surface area contributed by atoms with Crippen molar-refractivity contribution in [2.75, 3.05) is 0 Å². The molecular weight excluding hydrogens is 1330 g/mol. The standard InChI is InChI=1S/C19H28O.C18H22O.3C17H20O.C15H16O/c1-12-9-16(10-13(2)18(12)20)15-7-8-19(4)14(3)5-6-17(19)11-15;1-4-5-7-15-8-6-9-16(12-15)17-10-13(2)18(19)14(3)11-17;1-4-6-14-7-5-8-15(11-14)16-9-12(2)17(18)13(3)10-16;2*1-4-5-14-6-8-15(9-7-14)16-10-12(2)17(18)13(3)11-16;1-10-4-6-13(7-5-10)14-8-11(2)15(16)12(3)9-14/h9-10,14-15,17,20H,5-8,11H2,1-4H3;6,8-12,19H,4-5,7H2,1-3H3;5,7-11,18H,4,6H2,1-3H3;2*6-11,18H,4-5H2,1-3H3;4-9,16H,1-3H3/t14-,15?,17+,19+;;;;;/m0...../s1. The molecule has 574 valence electrons. The molecule has 0 aliphatic heterocycles. The van der Waals surface area contributed by atoms with Crippen molar-refractivity contribution < 1.29 is 30.6 Å². The monoisotopic (exact) mass is 1460 g/mol. The van der Waals surface area contributed by atoms with E-state index < -0.39 is 0 Å². The third-order valence-electron chi connectivity index (χ3n) is 23.0. The zero-order valence-corrected chi connectivity index (χ0v) is 69.3. The van der Waals surface area contributed by atoms with E-state index in [1.54, 1.807) is 0 Å². The summed E-state index contributed by atoms with van der Waals surface area (Å²) < 4.78 is 0. The van der Waals surface area contributed by atoms with Crippen molar-refractivity contribution in [2.45, 2.75) is 227 Å². The lowest BCUT2D eigenvalue weighted by Gasteiger charge is -2.43. The molecule has 1 unspecified atom stereocenters. The first-order chi connectivity index (χ1) is 51.9. The Labute approximate surface area is 655 Å². The molecule has 0 saturated heterocycles. The quantitative estimate of drug-likeness (QED) is 0.0608. The highest BCUT2D eigenvalue weighted by Gasteiger charge is 2.47. The molecule has 109 heavy (non-hydrogen) atoms. The Kier molecular flexibility index (Phi) is 30.8. The van der Waals surface area contributed by atoms with Gasteiger partial charge in [-0.1, -0.05) is 206 Å². The Morgan fingerprint density at radius 3 is 0.908 bits per heavy atom. The summed E-state index contributed by atoms with van der Waals surface area (Å²) in [6.07, 6.45) is 17.4. The highest BCUT2D eigenvalue weighted by molar-refractivity contribution is 5.72. The fourth-order valence-electron chi connectivity index (χ4n) is 16.0. The fraction of sp³-hybridized carbons (Fsp3) is 0.359. The number of aryl methyl sites for hydroxylation is 17. The molecule has 6 heteroatoms. The van der Waals surface area contributed by atoms with Gasteiger partial charge in [0.15, 0.2) is 0 Å². The van der Waals surface area contributed by atoms with Gasteiger partial charge >= 0.3 is 0 Å². The van der Waals surface area contributed by atoms with Gasteiger partial charge in [-0.3, -0.25) is 0 Å². The first kappa shape index (κ1) is 84.8. The summed E-state index contributed by atoms with van der Waals surface area (Å²) in [4.78, 5) is 0. The zero-order chi connectivity index (χ0) is 79.4. The minimum atomic E-state index is 0.399. The Hall–Kier alpha value is -9.78. The summed E-state index contributed by atoms with van der Waals surface area (Å²) in [6, 6.07) is 68.1. The minimum Gasteiger partial charge on any atom is -0.507 e. The Bertz CT molecular complexity index is 4560. The van der Waals surface area contributed by atoms with Gasteiger partial charge in [0.25, 0.3) is 0 Å². The molecule has 2 aliphatic rings. The summed E-state index contributed by atoms with van der Waals surface area (Å²) in [7, 11) is 0. The second kappa shape index (κ2) is 39.5. The number of phenolic OH excluding ortho intramolecular Hbond substituents is 6. The van der Waals surface area contributed by atoms with Crippen molar-refractivity contribution in [3.8, 4) is 90.1 Å². The third kappa shape index (κ3) is 22.7. The van der Waals surface area contributed by atoms with Gasteiger partial charge in [0.2, 0.25) is 0 Å². The molecule has 11 aromatic carbocycles. The number of hydrogen-bond donors (Lipinski definition) is 6. The van der Waals surface area contributed by atoms with Crippen LogP contribution in [0.4, 0.5) is 0 Å². The first-order valence-electron chi connectivity index (χ1n) is 40.2. The molecule has 0 radical (unpaired) electrons. The smallest absolute Gasteiger partial charge is 0.121 e. The summed E-state index contributed by atoms with van der Waals surface area (Å²) in [5.41, 5.74) is 32.2. The van der Waals surface area contributed by atoms with Crippen LogP contribution in [0.2, 0.25) is 0 Å². The maximum atomic E-state index is 9.96. The SMILES string of the molecule is CCCCc1cccc(-c2cc(C)c(O)c(C)c2)c1.CCCc1ccc(-c2cc(C)c(O)c(C)c2)cc1.CCCc1ccc(-c2cc(C)c(O)c(C)c2)cc1.CCCc1cccc(-c2cc(C)c(O)c(C)c2)c1.Cc1cc(C2CC[C@@]3(C)[C@H](CC[C@@H]3C)C2)cc(C)c1O.Cc1ccc(-c2cc(C)c(O)c(C)c2)cc1. The molecule has 0 amide bonds. The number of phenols is 6. The number of aromatic hydroxyl groups is 6. The number of unbranched alkanes of at least 4 members (excludes halogenated alkanes) is 1. The highest BCUT2D eigenvalue weighted by Crippen LogP contribution is 2.58. The largest absolute Gasteiger partial charge is 0.507 e. The van der Waals surface area contributed by atoms with Crippen molar-refractivity contribution in [1.29, 1.82) is 0 Å². The van der Waals surface area contributed by atoms with Crippen LogP contribution >= 0.6 is 0 Å². The predicted octanol–water partition coefficient (Wildman–Crippen LogP) is 28.2. The van der Waals surface area contributed by atoms with E-state index in [1.165, 1.54) is 141 Å². The molecule has 2 saturated carbocycles. The number of benzene rings is 11. The van der Waals surface area contributed by atoms with Crippen LogP contribution in [0.25, 0.3) is 55.6 Å². The second-order valence-electron chi connectivity index (χ2n) is 32.0. The van der Waals surface area contributed by atoms with Crippen LogP contribution in [0, 0.1) is 107 Å². The van der Waals surface area contributed by atoms with Crippen LogP contribution in [-0.4, -0.2) is 30.6 Å². The van der Waals surface area contributed by atoms with Gasteiger partial charge in [0.05, 0.1) is 0 Å². The molecule has 0 heterocycles. The van der Waals surface area contributed by atoms with E-state index in [0.717, 1.165) is 116 Å². The van der Waals surface area contributed by atoms with Crippen LogP contribution in [0.15, 0.2) is 194 Å². The van der Waals surface area contributed by atoms with Crippen LogP contribution in [-0.2, 0) is 25.7 Å². The average molecular weight is 1460 g/mol. The summed E-state index contributed by atoms with van der Waals surface area (Å²) in [5.74, 6) is 5.01. The van der Waals surface area contributed by atoms with Crippen molar-refractivity contribution in [2.24, 2.45) is 17.3 Å². The van der Waals surface area contributed by atoms with E-state index in [-0.39, 0.29) is 0 Å². The maximum absolute atomic E-state index is 9.96.